The Morgan fingerprint density at radius 1 is 1.25 bits per heavy atom. The van der Waals surface area contributed by atoms with Crippen LogP contribution in [0.15, 0.2) is 18.2 Å². The van der Waals surface area contributed by atoms with Crippen LogP contribution >= 0.6 is 0 Å². The van der Waals surface area contributed by atoms with E-state index < -0.39 is 0 Å². The van der Waals surface area contributed by atoms with Gasteiger partial charge in [0.2, 0.25) is 0 Å². The molecule has 0 aliphatic carbocycles. The van der Waals surface area contributed by atoms with Crippen molar-refractivity contribution >= 4 is 0 Å². The molecule has 0 aliphatic heterocycles. The minimum atomic E-state index is 0.229. The van der Waals surface area contributed by atoms with Crippen LogP contribution in [-0.2, 0) is 6.54 Å². The molecule has 3 nitrogen and oxygen atoms in total. The lowest BCUT2D eigenvalue weighted by atomic mass is 10.2. The van der Waals surface area contributed by atoms with Crippen molar-refractivity contribution < 1.29 is 9.47 Å². The van der Waals surface area contributed by atoms with Crippen LogP contribution in [0.5, 0.6) is 11.5 Å². The smallest absolute Gasteiger partial charge is 0.123 e. The maximum Gasteiger partial charge on any atom is 0.123 e. The van der Waals surface area contributed by atoms with Crippen LogP contribution in [-0.4, -0.2) is 14.2 Å². The van der Waals surface area contributed by atoms with Gasteiger partial charge in [-0.2, -0.15) is 0 Å². The second-order valence-electron chi connectivity index (χ2n) is 2.35. The number of rotatable bonds is 3. The van der Waals surface area contributed by atoms with E-state index in [-0.39, 0.29) is 6.54 Å². The van der Waals surface area contributed by atoms with Crippen molar-refractivity contribution in [1.29, 1.82) is 0 Å². The molecule has 0 aromatic heterocycles. The van der Waals surface area contributed by atoms with E-state index in [0.29, 0.717) is 5.75 Å². The molecule has 0 fully saturated rings. The number of methoxy groups -OCH3 is 2. The zero-order valence-electron chi connectivity index (χ0n) is 7.26. The molecule has 3 heteroatoms. The van der Waals surface area contributed by atoms with Crippen molar-refractivity contribution in [2.45, 2.75) is 6.54 Å². The van der Waals surface area contributed by atoms with E-state index in [4.69, 9.17) is 15.2 Å². The van der Waals surface area contributed by atoms with Crippen LogP contribution in [0.25, 0.3) is 5.73 Å². The van der Waals surface area contributed by atoms with Gasteiger partial charge in [-0.05, 0) is 11.6 Å². The summed E-state index contributed by atoms with van der Waals surface area (Å²) in [6.07, 6.45) is 0. The zero-order chi connectivity index (χ0) is 8.97. The fourth-order valence-corrected chi connectivity index (χ4v) is 0.998. The fourth-order valence-electron chi connectivity index (χ4n) is 0.998. The molecule has 0 radical (unpaired) electrons. The third-order valence-corrected chi connectivity index (χ3v) is 1.68. The van der Waals surface area contributed by atoms with E-state index in [9.17, 15) is 0 Å². The average Bonchev–Trinajstić information content (AvgIpc) is 2.16. The zero-order valence-corrected chi connectivity index (χ0v) is 7.26. The van der Waals surface area contributed by atoms with Crippen molar-refractivity contribution in [3.63, 3.8) is 0 Å². The molecule has 0 amide bonds. The predicted molar refractivity (Wildman–Crippen MR) is 47.6 cm³/mol. The Balaban J connectivity index is 3.02. The van der Waals surface area contributed by atoms with Gasteiger partial charge >= 0.3 is 0 Å². The molecule has 1 aromatic rings. The Labute approximate surface area is 72.1 Å². The van der Waals surface area contributed by atoms with Crippen LogP contribution < -0.4 is 9.47 Å². The summed E-state index contributed by atoms with van der Waals surface area (Å²) in [4.78, 5) is 0. The van der Waals surface area contributed by atoms with Gasteiger partial charge in [0, 0.05) is 6.07 Å². The summed E-state index contributed by atoms with van der Waals surface area (Å²) >= 11 is 0. The van der Waals surface area contributed by atoms with Crippen molar-refractivity contribution in [3.05, 3.63) is 29.5 Å². The van der Waals surface area contributed by atoms with Gasteiger partial charge in [-0.15, -0.1) is 6.54 Å². The largest absolute Gasteiger partial charge is 0.674 e. The Bertz CT molecular complexity index is 261. The summed E-state index contributed by atoms with van der Waals surface area (Å²) in [6, 6.07) is 5.45. The third-order valence-electron chi connectivity index (χ3n) is 1.68. The molecule has 0 saturated carbocycles. The summed E-state index contributed by atoms with van der Waals surface area (Å²) in [6.45, 7) is 0.229. The minimum absolute atomic E-state index is 0.229. The first-order chi connectivity index (χ1) is 5.81. The quantitative estimate of drug-likeness (QED) is 0.691. The number of benzene rings is 1. The fraction of sp³-hybridized carbons (Fsp3) is 0.333. The Morgan fingerprint density at radius 3 is 2.50 bits per heavy atom. The highest BCUT2D eigenvalue weighted by atomic mass is 16.5. The maximum absolute atomic E-state index is 7.19. The maximum atomic E-state index is 7.19. The van der Waals surface area contributed by atoms with Gasteiger partial charge in [0.1, 0.15) is 11.5 Å². The van der Waals surface area contributed by atoms with Crippen LogP contribution in [0.2, 0.25) is 0 Å². The van der Waals surface area contributed by atoms with Crippen LogP contribution in [0.3, 0.4) is 0 Å². The third kappa shape index (κ3) is 1.68. The highest BCUT2D eigenvalue weighted by Gasteiger charge is 1.99. The van der Waals surface area contributed by atoms with Gasteiger partial charge in [-0.1, -0.05) is 6.07 Å². The standard InChI is InChI=1S/C9H12NO2/c1-11-8-4-3-7(6-10)9(5-8)12-2/h3-5,10H,6H2,1-2H3/q-1. The minimum Gasteiger partial charge on any atom is -0.674 e. The van der Waals surface area contributed by atoms with E-state index in [1.807, 2.05) is 12.1 Å². The Morgan fingerprint density at radius 2 is 2.00 bits per heavy atom. The highest BCUT2D eigenvalue weighted by Crippen LogP contribution is 2.24. The molecule has 1 rings (SSSR count). The molecule has 1 N–H and O–H groups in total. The molecule has 0 unspecified atom stereocenters. The van der Waals surface area contributed by atoms with E-state index >= 15 is 0 Å². The lowest BCUT2D eigenvalue weighted by Crippen LogP contribution is -1.91. The average molecular weight is 166 g/mol. The molecule has 12 heavy (non-hydrogen) atoms. The molecule has 0 saturated heterocycles. The predicted octanol–water partition coefficient (Wildman–Crippen LogP) is 2.26. The normalized spacial score (nSPS) is 9.58. The topological polar surface area (TPSA) is 42.3 Å². The second-order valence-corrected chi connectivity index (χ2v) is 2.35. The van der Waals surface area contributed by atoms with Gasteiger partial charge in [-0.3, -0.25) is 0 Å². The van der Waals surface area contributed by atoms with Crippen molar-refractivity contribution in [3.8, 4) is 11.5 Å². The van der Waals surface area contributed by atoms with Crippen molar-refractivity contribution in [1.82, 2.24) is 0 Å². The van der Waals surface area contributed by atoms with E-state index in [0.717, 1.165) is 11.3 Å². The summed E-state index contributed by atoms with van der Waals surface area (Å²) in [5.41, 5.74) is 8.07. The van der Waals surface area contributed by atoms with Crippen LogP contribution in [0.1, 0.15) is 5.56 Å². The van der Waals surface area contributed by atoms with Gasteiger partial charge in [0.25, 0.3) is 0 Å². The van der Waals surface area contributed by atoms with Crippen LogP contribution in [0.4, 0.5) is 0 Å². The van der Waals surface area contributed by atoms with E-state index in [2.05, 4.69) is 0 Å². The van der Waals surface area contributed by atoms with Gasteiger partial charge in [0.15, 0.2) is 0 Å². The molecule has 1 aromatic carbocycles. The molecule has 0 heterocycles. The molecule has 66 valence electrons. The van der Waals surface area contributed by atoms with Crippen LogP contribution in [0, 0.1) is 0 Å². The highest BCUT2D eigenvalue weighted by molar-refractivity contribution is 5.41. The second kappa shape index (κ2) is 3.97. The van der Waals surface area contributed by atoms with Gasteiger partial charge in [-0.25, -0.2) is 0 Å². The Hall–Kier alpha value is -1.22. The molecular formula is C9H12NO2-. The van der Waals surface area contributed by atoms with E-state index in [1.165, 1.54) is 0 Å². The number of hydrogen-bond donors (Lipinski definition) is 0. The molecule has 0 bridgehead atoms. The molecule has 0 spiro atoms. The number of hydrogen-bond acceptors (Lipinski definition) is 2. The lowest BCUT2D eigenvalue weighted by Gasteiger charge is -2.10. The van der Waals surface area contributed by atoms with E-state index in [1.54, 1.807) is 20.3 Å². The first-order valence-corrected chi connectivity index (χ1v) is 3.67. The number of nitrogens with one attached hydrogen (secondary N) is 1. The summed E-state index contributed by atoms with van der Waals surface area (Å²) < 4.78 is 10.1. The summed E-state index contributed by atoms with van der Waals surface area (Å²) in [5, 5.41) is 0. The van der Waals surface area contributed by atoms with Crippen molar-refractivity contribution in [2.24, 2.45) is 0 Å². The van der Waals surface area contributed by atoms with Crippen molar-refractivity contribution in [2.75, 3.05) is 14.2 Å². The molecular weight excluding hydrogens is 154 g/mol. The SMILES string of the molecule is COc1ccc(C[NH-])c(OC)c1. The first-order valence-electron chi connectivity index (χ1n) is 3.67. The van der Waals surface area contributed by atoms with Gasteiger partial charge in [0.05, 0.1) is 14.2 Å². The lowest BCUT2D eigenvalue weighted by molar-refractivity contribution is 0.391. The number of ether oxygens (including phenoxy) is 2. The Kier molecular flexibility index (Phi) is 2.94. The molecule has 0 atom stereocenters. The molecule has 0 aliphatic rings. The van der Waals surface area contributed by atoms with Gasteiger partial charge < -0.3 is 15.2 Å². The summed E-state index contributed by atoms with van der Waals surface area (Å²) in [5.74, 6) is 1.47. The first kappa shape index (κ1) is 8.87. The summed E-state index contributed by atoms with van der Waals surface area (Å²) in [7, 11) is 3.20. The monoisotopic (exact) mass is 166 g/mol.